The fraction of sp³-hybridized carbons (Fsp3) is 0.526. The fourth-order valence-electron chi connectivity index (χ4n) is 2.86. The first-order valence-electron chi connectivity index (χ1n) is 9.23. The van der Waals surface area contributed by atoms with Gasteiger partial charge in [0, 0.05) is 19.6 Å². The Labute approximate surface area is 171 Å². The standard InChI is InChI=1S/C19H28N4O4S/c1-5-20-19(28)22-21-9-15-6-7-16(17(8-15)25-4)26-12-18(24)23-10-13(2)27-14(3)11-23/h6-9,13-14H,5,10-12H2,1-4H3,(H2,20,22,28)/b21-9-/t13-,14-/m1/s1. The number of carbonyl (C=O) groups excluding carboxylic acids is 1. The van der Waals surface area contributed by atoms with Gasteiger partial charge in [0.2, 0.25) is 0 Å². The Morgan fingerprint density at radius 2 is 2.07 bits per heavy atom. The summed E-state index contributed by atoms with van der Waals surface area (Å²) in [6, 6.07) is 5.35. The van der Waals surface area contributed by atoms with Crippen LogP contribution in [0.15, 0.2) is 23.3 Å². The molecular formula is C19H28N4O4S. The monoisotopic (exact) mass is 408 g/mol. The highest BCUT2D eigenvalue weighted by Gasteiger charge is 2.26. The number of nitrogens with zero attached hydrogens (tertiary/aromatic N) is 2. The molecule has 0 unspecified atom stereocenters. The molecule has 1 aliphatic rings. The van der Waals surface area contributed by atoms with Crippen molar-refractivity contribution < 1.29 is 19.0 Å². The van der Waals surface area contributed by atoms with Gasteiger partial charge in [0.15, 0.2) is 23.2 Å². The number of morpholine rings is 1. The second kappa shape index (κ2) is 10.8. The summed E-state index contributed by atoms with van der Waals surface area (Å²) >= 11 is 5.04. The van der Waals surface area contributed by atoms with Gasteiger partial charge in [0.05, 0.1) is 25.5 Å². The number of thiocarbonyl (C=S) groups is 1. The van der Waals surface area contributed by atoms with Gasteiger partial charge in [-0.1, -0.05) is 0 Å². The van der Waals surface area contributed by atoms with Gasteiger partial charge < -0.3 is 24.4 Å². The van der Waals surface area contributed by atoms with Crippen LogP contribution in [-0.2, 0) is 9.53 Å². The van der Waals surface area contributed by atoms with Crippen molar-refractivity contribution >= 4 is 29.5 Å². The smallest absolute Gasteiger partial charge is 0.260 e. The number of hydrogen-bond donors (Lipinski definition) is 2. The molecule has 0 aromatic heterocycles. The lowest BCUT2D eigenvalue weighted by Gasteiger charge is -2.35. The van der Waals surface area contributed by atoms with Gasteiger partial charge in [-0.3, -0.25) is 10.2 Å². The van der Waals surface area contributed by atoms with Gasteiger partial charge in [0.1, 0.15) is 0 Å². The molecule has 1 fully saturated rings. The van der Waals surface area contributed by atoms with E-state index >= 15 is 0 Å². The second-order valence-corrected chi connectivity index (χ2v) is 6.89. The van der Waals surface area contributed by atoms with Crippen molar-refractivity contribution in [3.8, 4) is 11.5 Å². The van der Waals surface area contributed by atoms with Crippen molar-refractivity contribution in [2.24, 2.45) is 5.10 Å². The summed E-state index contributed by atoms with van der Waals surface area (Å²) in [5, 5.41) is 7.46. The van der Waals surface area contributed by atoms with Gasteiger partial charge in [-0.05, 0) is 56.8 Å². The molecular weight excluding hydrogens is 380 g/mol. The molecule has 0 saturated carbocycles. The molecule has 2 N–H and O–H groups in total. The van der Waals surface area contributed by atoms with E-state index in [4.69, 9.17) is 26.4 Å². The van der Waals surface area contributed by atoms with Gasteiger partial charge >= 0.3 is 0 Å². The van der Waals surface area contributed by atoms with Crippen molar-refractivity contribution in [3.05, 3.63) is 23.8 Å². The third kappa shape index (κ3) is 6.65. The number of rotatable bonds is 7. The van der Waals surface area contributed by atoms with Gasteiger partial charge in [0.25, 0.3) is 5.91 Å². The Hall–Kier alpha value is -2.39. The Bertz CT molecular complexity index is 703. The van der Waals surface area contributed by atoms with Crippen molar-refractivity contribution in [1.82, 2.24) is 15.6 Å². The van der Waals surface area contributed by atoms with E-state index in [1.165, 1.54) is 0 Å². The third-order valence-electron chi connectivity index (χ3n) is 4.03. The first-order valence-corrected chi connectivity index (χ1v) is 9.64. The molecule has 1 aliphatic heterocycles. The zero-order valence-corrected chi connectivity index (χ0v) is 17.5. The first-order chi connectivity index (χ1) is 13.4. The average molecular weight is 409 g/mol. The number of methoxy groups -OCH3 is 1. The van der Waals surface area contributed by atoms with Gasteiger partial charge in [-0.2, -0.15) is 5.10 Å². The van der Waals surface area contributed by atoms with Crippen molar-refractivity contribution in [1.29, 1.82) is 0 Å². The number of hydrogen-bond acceptors (Lipinski definition) is 6. The molecule has 1 heterocycles. The van der Waals surface area contributed by atoms with E-state index in [1.54, 1.807) is 30.4 Å². The van der Waals surface area contributed by atoms with E-state index in [2.05, 4.69) is 15.8 Å². The third-order valence-corrected chi connectivity index (χ3v) is 4.26. The summed E-state index contributed by atoms with van der Waals surface area (Å²) in [6.07, 6.45) is 1.67. The zero-order chi connectivity index (χ0) is 20.5. The van der Waals surface area contributed by atoms with E-state index in [-0.39, 0.29) is 24.7 Å². The number of hydrazone groups is 1. The van der Waals surface area contributed by atoms with E-state index in [0.717, 1.165) is 12.1 Å². The Balaban J connectivity index is 1.93. The lowest BCUT2D eigenvalue weighted by Crippen LogP contribution is -2.49. The van der Waals surface area contributed by atoms with Crippen molar-refractivity contribution in [2.75, 3.05) is 33.4 Å². The van der Waals surface area contributed by atoms with Crippen LogP contribution in [0.3, 0.4) is 0 Å². The maximum Gasteiger partial charge on any atom is 0.260 e. The summed E-state index contributed by atoms with van der Waals surface area (Å²) < 4.78 is 16.7. The summed E-state index contributed by atoms with van der Waals surface area (Å²) in [4.78, 5) is 14.2. The Morgan fingerprint density at radius 1 is 1.36 bits per heavy atom. The van der Waals surface area contributed by atoms with Crippen LogP contribution >= 0.6 is 12.2 Å². The van der Waals surface area contributed by atoms with Crippen molar-refractivity contribution in [2.45, 2.75) is 33.0 Å². The average Bonchev–Trinajstić information content (AvgIpc) is 2.66. The number of amides is 1. The van der Waals surface area contributed by atoms with Gasteiger partial charge in [-0.25, -0.2) is 0 Å². The summed E-state index contributed by atoms with van der Waals surface area (Å²) in [6.45, 7) is 7.68. The summed E-state index contributed by atoms with van der Waals surface area (Å²) in [7, 11) is 1.55. The quantitative estimate of drug-likeness (QED) is 0.402. The maximum absolute atomic E-state index is 12.4. The minimum Gasteiger partial charge on any atom is -0.493 e. The lowest BCUT2D eigenvalue weighted by molar-refractivity contribution is -0.145. The van der Waals surface area contributed by atoms with Crippen LogP contribution in [0.2, 0.25) is 0 Å². The molecule has 0 bridgehead atoms. The van der Waals surface area contributed by atoms with E-state index in [0.29, 0.717) is 29.7 Å². The Kier molecular flexibility index (Phi) is 8.46. The number of nitrogens with one attached hydrogen (secondary N) is 2. The van der Waals surface area contributed by atoms with E-state index in [9.17, 15) is 4.79 Å². The summed E-state index contributed by atoms with van der Waals surface area (Å²) in [5.41, 5.74) is 3.53. The van der Waals surface area contributed by atoms with Crippen LogP contribution in [-0.4, -0.2) is 67.7 Å². The number of benzene rings is 1. The lowest BCUT2D eigenvalue weighted by atomic mass is 10.2. The molecule has 1 saturated heterocycles. The van der Waals surface area contributed by atoms with Crippen LogP contribution in [0.4, 0.5) is 0 Å². The normalized spacial score (nSPS) is 19.4. The maximum atomic E-state index is 12.4. The molecule has 0 aliphatic carbocycles. The summed E-state index contributed by atoms with van der Waals surface area (Å²) in [5.74, 6) is 0.948. The van der Waals surface area contributed by atoms with Crippen LogP contribution in [0.5, 0.6) is 11.5 Å². The van der Waals surface area contributed by atoms with E-state index in [1.807, 2.05) is 26.8 Å². The van der Waals surface area contributed by atoms with Crippen LogP contribution in [0, 0.1) is 0 Å². The first kappa shape index (κ1) is 21.9. The topological polar surface area (TPSA) is 84.4 Å². The molecule has 2 rings (SSSR count). The van der Waals surface area contributed by atoms with Crippen molar-refractivity contribution in [3.63, 3.8) is 0 Å². The molecule has 1 amide bonds. The Morgan fingerprint density at radius 3 is 2.71 bits per heavy atom. The van der Waals surface area contributed by atoms with Crippen LogP contribution in [0.1, 0.15) is 26.3 Å². The van der Waals surface area contributed by atoms with Gasteiger partial charge in [-0.15, -0.1) is 0 Å². The SMILES string of the molecule is CCNC(=S)N/N=C\c1ccc(OCC(=O)N2C[C@@H](C)O[C@H](C)C2)c(OC)c1. The predicted molar refractivity (Wildman–Crippen MR) is 112 cm³/mol. The van der Waals surface area contributed by atoms with Crippen LogP contribution in [0.25, 0.3) is 0 Å². The van der Waals surface area contributed by atoms with Crippen LogP contribution < -0.4 is 20.2 Å². The highest BCUT2D eigenvalue weighted by atomic mass is 32.1. The molecule has 1 aromatic rings. The minimum atomic E-state index is -0.0733. The van der Waals surface area contributed by atoms with E-state index < -0.39 is 0 Å². The zero-order valence-electron chi connectivity index (χ0n) is 16.7. The molecule has 8 nitrogen and oxygen atoms in total. The number of carbonyl (C=O) groups is 1. The molecule has 1 aromatic carbocycles. The molecule has 154 valence electrons. The number of ether oxygens (including phenoxy) is 3. The minimum absolute atomic E-state index is 0.0230. The second-order valence-electron chi connectivity index (χ2n) is 6.48. The highest BCUT2D eigenvalue weighted by molar-refractivity contribution is 7.80. The molecule has 28 heavy (non-hydrogen) atoms. The largest absolute Gasteiger partial charge is 0.493 e. The molecule has 9 heteroatoms. The highest BCUT2D eigenvalue weighted by Crippen LogP contribution is 2.27. The molecule has 2 atom stereocenters. The molecule has 0 spiro atoms. The molecule has 0 radical (unpaired) electrons. The predicted octanol–water partition coefficient (Wildman–Crippen LogP) is 1.53. The fourth-order valence-corrected chi connectivity index (χ4v) is 3.06.